The Kier molecular flexibility index (Phi) is 5.63. The molecule has 5 nitrogen and oxygen atoms in total. The Hall–Kier alpha value is -3.03. The highest BCUT2D eigenvalue weighted by molar-refractivity contribution is 5.97. The zero-order valence-electron chi connectivity index (χ0n) is 13.3. The van der Waals surface area contributed by atoms with E-state index in [2.05, 4.69) is 5.32 Å². The summed E-state index contributed by atoms with van der Waals surface area (Å²) in [5, 5.41) is 2.17. The molecule has 1 amide bonds. The van der Waals surface area contributed by atoms with E-state index in [1.807, 2.05) is 0 Å². The Morgan fingerprint density at radius 2 is 1.76 bits per heavy atom. The van der Waals surface area contributed by atoms with Gasteiger partial charge in [0.15, 0.2) is 17.7 Å². The molecule has 0 saturated heterocycles. The van der Waals surface area contributed by atoms with Crippen LogP contribution in [0.3, 0.4) is 0 Å². The van der Waals surface area contributed by atoms with Gasteiger partial charge in [0.25, 0.3) is 5.91 Å². The van der Waals surface area contributed by atoms with Crippen LogP contribution in [-0.2, 0) is 9.53 Å². The molecule has 25 heavy (non-hydrogen) atoms. The summed E-state index contributed by atoms with van der Waals surface area (Å²) in [6, 6.07) is 6.03. The van der Waals surface area contributed by atoms with Gasteiger partial charge in [-0.25, -0.2) is 18.0 Å². The van der Waals surface area contributed by atoms with Crippen molar-refractivity contribution in [1.29, 1.82) is 0 Å². The second kappa shape index (κ2) is 7.69. The van der Waals surface area contributed by atoms with Gasteiger partial charge in [0.05, 0.1) is 18.4 Å². The Morgan fingerprint density at radius 3 is 2.36 bits per heavy atom. The fraction of sp³-hybridized carbons (Fsp3) is 0.176. The minimum absolute atomic E-state index is 0.0471. The van der Waals surface area contributed by atoms with E-state index < -0.39 is 35.4 Å². The number of esters is 1. The van der Waals surface area contributed by atoms with E-state index in [-0.39, 0.29) is 17.0 Å². The summed E-state index contributed by atoms with van der Waals surface area (Å²) < 4.78 is 49.6. The molecule has 132 valence electrons. The molecule has 0 aliphatic heterocycles. The van der Waals surface area contributed by atoms with E-state index in [0.717, 1.165) is 18.2 Å². The van der Waals surface area contributed by atoms with Crippen LogP contribution in [-0.4, -0.2) is 25.1 Å². The summed E-state index contributed by atoms with van der Waals surface area (Å²) in [6.45, 7) is 1.26. The maximum atomic E-state index is 13.6. The smallest absolute Gasteiger partial charge is 0.339 e. The lowest BCUT2D eigenvalue weighted by atomic mass is 10.2. The monoisotopic (exact) mass is 353 g/mol. The van der Waals surface area contributed by atoms with E-state index in [0.29, 0.717) is 6.07 Å². The zero-order chi connectivity index (χ0) is 18.6. The number of halogens is 3. The summed E-state index contributed by atoms with van der Waals surface area (Å²) >= 11 is 0. The molecule has 0 unspecified atom stereocenters. The number of hydrogen-bond donors (Lipinski definition) is 1. The summed E-state index contributed by atoms with van der Waals surface area (Å²) in [7, 11) is 1.28. The molecule has 1 atom stereocenters. The average Bonchev–Trinajstić information content (AvgIpc) is 2.57. The largest absolute Gasteiger partial charge is 0.494 e. The van der Waals surface area contributed by atoms with Gasteiger partial charge >= 0.3 is 5.97 Å². The van der Waals surface area contributed by atoms with Crippen LogP contribution < -0.4 is 10.1 Å². The Labute approximate surface area is 141 Å². The molecule has 0 spiro atoms. The number of rotatable bonds is 5. The van der Waals surface area contributed by atoms with Crippen molar-refractivity contribution < 1.29 is 32.2 Å². The van der Waals surface area contributed by atoms with Crippen LogP contribution in [0.4, 0.5) is 18.9 Å². The van der Waals surface area contributed by atoms with Crippen molar-refractivity contribution in [3.8, 4) is 5.75 Å². The molecule has 0 fully saturated rings. The molecule has 2 rings (SSSR count). The molecule has 1 N–H and O–H groups in total. The lowest BCUT2D eigenvalue weighted by Gasteiger charge is -2.14. The number of methoxy groups -OCH3 is 1. The second-order valence-electron chi connectivity index (χ2n) is 5.01. The molecule has 0 aliphatic rings. The average molecular weight is 353 g/mol. The van der Waals surface area contributed by atoms with Gasteiger partial charge in [-0.1, -0.05) is 0 Å². The fourth-order valence-corrected chi connectivity index (χ4v) is 1.90. The Morgan fingerprint density at radius 1 is 1.04 bits per heavy atom. The summed E-state index contributed by atoms with van der Waals surface area (Å²) in [5.41, 5.74) is -0.379. The van der Waals surface area contributed by atoms with Crippen molar-refractivity contribution in [3.63, 3.8) is 0 Å². The highest BCUT2D eigenvalue weighted by Gasteiger charge is 2.21. The zero-order valence-corrected chi connectivity index (χ0v) is 13.3. The number of benzene rings is 2. The third-order valence-electron chi connectivity index (χ3n) is 3.23. The number of amides is 1. The van der Waals surface area contributed by atoms with Gasteiger partial charge in [-0.2, -0.15) is 0 Å². The third-order valence-corrected chi connectivity index (χ3v) is 3.23. The van der Waals surface area contributed by atoms with E-state index >= 15 is 0 Å². The van der Waals surface area contributed by atoms with Gasteiger partial charge in [-0.3, -0.25) is 4.79 Å². The first kappa shape index (κ1) is 18.3. The molecule has 8 heteroatoms. The second-order valence-corrected chi connectivity index (χ2v) is 5.01. The minimum Gasteiger partial charge on any atom is -0.494 e. The lowest BCUT2D eigenvalue weighted by molar-refractivity contribution is -0.123. The molecule has 0 saturated carbocycles. The molecule has 0 aliphatic carbocycles. The number of ether oxygens (including phenoxy) is 2. The quantitative estimate of drug-likeness (QED) is 0.838. The summed E-state index contributed by atoms with van der Waals surface area (Å²) in [5.74, 6) is -4.34. The normalized spacial score (nSPS) is 11.6. The molecule has 2 aromatic carbocycles. The van der Waals surface area contributed by atoms with Crippen LogP contribution in [0.5, 0.6) is 5.75 Å². The van der Waals surface area contributed by atoms with Crippen LogP contribution in [0.15, 0.2) is 36.4 Å². The highest BCUT2D eigenvalue weighted by Crippen LogP contribution is 2.19. The van der Waals surface area contributed by atoms with Crippen molar-refractivity contribution >= 4 is 17.6 Å². The van der Waals surface area contributed by atoms with Crippen molar-refractivity contribution in [2.45, 2.75) is 13.0 Å². The number of nitrogens with one attached hydrogen (secondary N) is 1. The number of carbonyl (C=O) groups is 2. The van der Waals surface area contributed by atoms with Crippen LogP contribution in [0, 0.1) is 17.5 Å². The number of carbonyl (C=O) groups excluding carboxylic acids is 2. The Balaban J connectivity index is 2.02. The SMILES string of the molecule is COc1ccc(C(=O)O[C@@H](C)C(=O)Nc2ccc(F)cc2F)cc1F. The maximum absolute atomic E-state index is 13.6. The van der Waals surface area contributed by atoms with E-state index in [9.17, 15) is 22.8 Å². The van der Waals surface area contributed by atoms with Crippen LogP contribution in [0.1, 0.15) is 17.3 Å². The Bertz CT molecular complexity index is 810. The highest BCUT2D eigenvalue weighted by atomic mass is 19.1. The standard InChI is InChI=1S/C17H14F3NO4/c1-9(16(22)21-14-5-4-11(18)8-12(14)19)25-17(23)10-3-6-15(24-2)13(20)7-10/h3-9H,1-2H3,(H,21,22)/t9-/m0/s1. The first-order valence-electron chi connectivity index (χ1n) is 7.12. The van der Waals surface area contributed by atoms with Gasteiger partial charge in [0.1, 0.15) is 11.6 Å². The van der Waals surface area contributed by atoms with Crippen molar-refractivity contribution in [2.24, 2.45) is 0 Å². The topological polar surface area (TPSA) is 64.6 Å². The van der Waals surface area contributed by atoms with Crippen LogP contribution in [0.2, 0.25) is 0 Å². The van der Waals surface area contributed by atoms with E-state index in [1.165, 1.54) is 26.2 Å². The first-order valence-corrected chi connectivity index (χ1v) is 7.12. The predicted octanol–water partition coefficient (Wildman–Crippen LogP) is 3.30. The van der Waals surface area contributed by atoms with Gasteiger partial charge in [0.2, 0.25) is 0 Å². The maximum Gasteiger partial charge on any atom is 0.339 e. The van der Waals surface area contributed by atoms with Crippen molar-refractivity contribution in [1.82, 2.24) is 0 Å². The summed E-state index contributed by atoms with van der Waals surface area (Å²) in [6.07, 6.45) is -1.29. The van der Waals surface area contributed by atoms with Crippen LogP contribution in [0.25, 0.3) is 0 Å². The third kappa shape index (κ3) is 4.50. The molecule has 0 bridgehead atoms. The van der Waals surface area contributed by atoms with Gasteiger partial charge in [0, 0.05) is 6.07 Å². The molecule has 0 aromatic heterocycles. The van der Waals surface area contributed by atoms with Gasteiger partial charge < -0.3 is 14.8 Å². The van der Waals surface area contributed by atoms with E-state index in [1.54, 1.807) is 0 Å². The summed E-state index contributed by atoms with van der Waals surface area (Å²) in [4.78, 5) is 23.9. The number of hydrogen-bond acceptors (Lipinski definition) is 4. The molecular formula is C17H14F3NO4. The van der Waals surface area contributed by atoms with Gasteiger partial charge in [-0.05, 0) is 37.3 Å². The van der Waals surface area contributed by atoms with Crippen molar-refractivity contribution in [2.75, 3.05) is 12.4 Å². The fourth-order valence-electron chi connectivity index (χ4n) is 1.90. The predicted molar refractivity (Wildman–Crippen MR) is 82.8 cm³/mol. The first-order chi connectivity index (χ1) is 11.8. The molecule has 2 aromatic rings. The molecule has 0 heterocycles. The van der Waals surface area contributed by atoms with Crippen molar-refractivity contribution in [3.05, 3.63) is 59.4 Å². The molecular weight excluding hydrogens is 339 g/mol. The lowest BCUT2D eigenvalue weighted by Crippen LogP contribution is -2.30. The van der Waals surface area contributed by atoms with Gasteiger partial charge in [-0.15, -0.1) is 0 Å². The molecule has 0 radical (unpaired) electrons. The minimum atomic E-state index is -1.29. The van der Waals surface area contributed by atoms with Crippen LogP contribution >= 0.6 is 0 Å². The van der Waals surface area contributed by atoms with E-state index in [4.69, 9.17) is 9.47 Å². The number of anilines is 1.